The van der Waals surface area contributed by atoms with Crippen LogP contribution in [0.4, 0.5) is 5.69 Å². The molecule has 2 amide bonds. The van der Waals surface area contributed by atoms with E-state index < -0.39 is 15.9 Å². The van der Waals surface area contributed by atoms with Gasteiger partial charge in [-0.05, 0) is 30.5 Å². The topological polar surface area (TPSA) is 96.0 Å². The molecule has 0 spiro atoms. The zero-order valence-corrected chi connectivity index (χ0v) is 19.8. The Hall–Kier alpha value is -2.08. The van der Waals surface area contributed by atoms with E-state index in [1.807, 2.05) is 0 Å². The molecule has 168 valence electrons. The quantitative estimate of drug-likeness (QED) is 0.620. The molecule has 0 bridgehead atoms. The average Bonchev–Trinajstić information content (AvgIpc) is 3.28. The zero-order valence-electron chi connectivity index (χ0n) is 17.4. The van der Waals surface area contributed by atoms with Crippen LogP contribution in [-0.2, 0) is 14.8 Å². The molecule has 1 aliphatic rings. The molecule has 0 atom stereocenters. The second-order valence-electron chi connectivity index (χ2n) is 6.73. The van der Waals surface area contributed by atoms with Gasteiger partial charge in [-0.25, -0.2) is 8.42 Å². The second kappa shape index (κ2) is 10.5. The van der Waals surface area contributed by atoms with Crippen LogP contribution < -0.4 is 10.1 Å². The van der Waals surface area contributed by atoms with Crippen molar-refractivity contribution in [1.29, 1.82) is 0 Å². The van der Waals surface area contributed by atoms with Crippen molar-refractivity contribution in [3.63, 3.8) is 0 Å². The van der Waals surface area contributed by atoms with Crippen LogP contribution in [0.1, 0.15) is 16.6 Å². The van der Waals surface area contributed by atoms with Gasteiger partial charge in [-0.2, -0.15) is 16.1 Å². The predicted octanol–water partition coefficient (Wildman–Crippen LogP) is 2.60. The fourth-order valence-electron chi connectivity index (χ4n) is 3.13. The minimum absolute atomic E-state index is 0.0149. The highest BCUT2D eigenvalue weighted by Gasteiger charge is 2.32. The molecular weight excluding hydrogens is 458 g/mol. The first-order valence-electron chi connectivity index (χ1n) is 9.75. The highest BCUT2D eigenvalue weighted by molar-refractivity contribution is 7.99. The highest BCUT2D eigenvalue weighted by atomic mass is 32.2. The van der Waals surface area contributed by atoms with Gasteiger partial charge in [-0.15, -0.1) is 11.3 Å². The van der Waals surface area contributed by atoms with E-state index >= 15 is 0 Å². The number of ether oxygens (including phenoxy) is 1. The lowest BCUT2D eigenvalue weighted by atomic mass is 10.3. The van der Waals surface area contributed by atoms with Gasteiger partial charge in [0.05, 0.1) is 7.11 Å². The van der Waals surface area contributed by atoms with E-state index in [-0.39, 0.29) is 28.8 Å². The molecule has 11 heteroatoms. The Morgan fingerprint density at radius 3 is 2.65 bits per heavy atom. The fourth-order valence-corrected chi connectivity index (χ4v) is 7.07. The molecule has 1 N–H and O–H groups in total. The van der Waals surface area contributed by atoms with Crippen molar-refractivity contribution in [3.05, 3.63) is 40.6 Å². The third kappa shape index (κ3) is 5.59. The van der Waals surface area contributed by atoms with Crippen LogP contribution in [0, 0.1) is 0 Å². The van der Waals surface area contributed by atoms with E-state index in [0.717, 1.165) is 22.8 Å². The Bertz CT molecular complexity index is 1030. The van der Waals surface area contributed by atoms with Gasteiger partial charge in [-0.1, -0.05) is 6.07 Å². The number of nitrogens with zero attached hydrogens (tertiary/aromatic N) is 2. The van der Waals surface area contributed by atoms with Crippen molar-refractivity contribution in [2.24, 2.45) is 0 Å². The summed E-state index contributed by atoms with van der Waals surface area (Å²) in [6.45, 7) is 2.68. The van der Waals surface area contributed by atoms with Crippen LogP contribution in [0.15, 0.2) is 40.6 Å². The maximum atomic E-state index is 13.1. The molecule has 1 saturated heterocycles. The fraction of sp³-hybridized carbons (Fsp3) is 0.400. The number of carbonyl (C=O) groups excluding carboxylic acids is 2. The van der Waals surface area contributed by atoms with E-state index in [4.69, 9.17) is 4.74 Å². The first kappa shape index (κ1) is 23.6. The van der Waals surface area contributed by atoms with Crippen molar-refractivity contribution < 1.29 is 22.7 Å². The standard InChI is InChI=1S/C20H25N3O5S3/c1-3-22(14-18(24)21-15-5-4-6-16(13-15)28-2)20(25)19-17(7-10-30-19)31(26,27)23-8-11-29-12-9-23/h4-7,10,13H,3,8-9,11-12,14H2,1-2H3,(H,21,24). The van der Waals surface area contributed by atoms with Crippen LogP contribution in [0.25, 0.3) is 0 Å². The van der Waals surface area contributed by atoms with Crippen LogP contribution in [0.3, 0.4) is 0 Å². The van der Waals surface area contributed by atoms with Crippen LogP contribution in [0.5, 0.6) is 5.75 Å². The van der Waals surface area contributed by atoms with Gasteiger partial charge in [0.15, 0.2) is 0 Å². The third-order valence-corrected chi connectivity index (χ3v) is 8.68. The smallest absolute Gasteiger partial charge is 0.265 e. The lowest BCUT2D eigenvalue weighted by Gasteiger charge is -2.26. The lowest BCUT2D eigenvalue weighted by Crippen LogP contribution is -2.40. The molecule has 2 aromatic rings. The maximum Gasteiger partial charge on any atom is 0.265 e. The van der Waals surface area contributed by atoms with Gasteiger partial charge < -0.3 is 15.0 Å². The Morgan fingerprint density at radius 2 is 1.97 bits per heavy atom. The number of amides is 2. The first-order valence-corrected chi connectivity index (χ1v) is 13.2. The lowest BCUT2D eigenvalue weighted by molar-refractivity contribution is -0.116. The molecular formula is C20H25N3O5S3. The molecule has 0 saturated carbocycles. The summed E-state index contributed by atoms with van der Waals surface area (Å²) in [5.74, 6) is 1.22. The molecule has 0 aliphatic carbocycles. The molecule has 0 unspecified atom stereocenters. The molecule has 3 rings (SSSR count). The minimum Gasteiger partial charge on any atom is -0.497 e. The summed E-state index contributed by atoms with van der Waals surface area (Å²) in [6, 6.07) is 8.38. The number of thiophene rings is 1. The Kier molecular flexibility index (Phi) is 7.98. The van der Waals surface area contributed by atoms with Gasteiger partial charge in [0.25, 0.3) is 5.91 Å². The van der Waals surface area contributed by atoms with Crippen molar-refractivity contribution in [2.75, 3.05) is 50.1 Å². The number of hydrogen-bond donors (Lipinski definition) is 1. The molecule has 0 radical (unpaired) electrons. The number of hydrogen-bond acceptors (Lipinski definition) is 7. The highest BCUT2D eigenvalue weighted by Crippen LogP contribution is 2.28. The number of nitrogens with one attached hydrogen (secondary N) is 1. The van der Waals surface area contributed by atoms with Gasteiger partial charge in [0.2, 0.25) is 15.9 Å². The Labute approximate surface area is 190 Å². The SMILES string of the molecule is CCN(CC(=O)Nc1cccc(OC)c1)C(=O)c1sccc1S(=O)(=O)N1CCSCC1. The monoisotopic (exact) mass is 483 g/mol. The van der Waals surface area contributed by atoms with Gasteiger partial charge >= 0.3 is 0 Å². The van der Waals surface area contributed by atoms with Crippen molar-refractivity contribution in [1.82, 2.24) is 9.21 Å². The Morgan fingerprint density at radius 1 is 1.23 bits per heavy atom. The third-order valence-electron chi connectivity index (χ3n) is 4.77. The van der Waals surface area contributed by atoms with E-state index in [1.165, 1.54) is 22.4 Å². The number of anilines is 1. The molecule has 8 nitrogen and oxygen atoms in total. The van der Waals surface area contributed by atoms with Gasteiger partial charge in [0, 0.05) is 42.9 Å². The minimum atomic E-state index is -3.75. The predicted molar refractivity (Wildman–Crippen MR) is 124 cm³/mol. The summed E-state index contributed by atoms with van der Waals surface area (Å²) in [4.78, 5) is 27.1. The number of benzene rings is 1. The Balaban J connectivity index is 1.74. The molecule has 31 heavy (non-hydrogen) atoms. The van der Waals surface area contributed by atoms with Crippen molar-refractivity contribution in [2.45, 2.75) is 11.8 Å². The van der Waals surface area contributed by atoms with Crippen LogP contribution in [0.2, 0.25) is 0 Å². The number of rotatable bonds is 8. The molecule has 1 aliphatic heterocycles. The van der Waals surface area contributed by atoms with Crippen molar-refractivity contribution >= 4 is 50.6 Å². The largest absolute Gasteiger partial charge is 0.497 e. The number of methoxy groups -OCH3 is 1. The number of likely N-dealkylation sites (N-methyl/N-ethyl adjacent to an activating group) is 1. The van der Waals surface area contributed by atoms with E-state index in [2.05, 4.69) is 5.32 Å². The van der Waals surface area contributed by atoms with Crippen molar-refractivity contribution in [3.8, 4) is 5.75 Å². The number of sulfonamides is 1. The summed E-state index contributed by atoms with van der Waals surface area (Å²) in [5.41, 5.74) is 0.551. The zero-order chi connectivity index (χ0) is 22.4. The number of thioether (sulfide) groups is 1. The summed E-state index contributed by atoms with van der Waals surface area (Å²) >= 11 is 2.79. The maximum absolute atomic E-state index is 13.1. The summed E-state index contributed by atoms with van der Waals surface area (Å²) in [7, 11) is -2.22. The van der Waals surface area contributed by atoms with Crippen LogP contribution >= 0.6 is 23.1 Å². The van der Waals surface area contributed by atoms with Gasteiger partial charge in [-0.3, -0.25) is 9.59 Å². The van der Waals surface area contributed by atoms with E-state index in [9.17, 15) is 18.0 Å². The summed E-state index contributed by atoms with van der Waals surface area (Å²) in [6.07, 6.45) is 0. The molecule has 2 heterocycles. The van der Waals surface area contributed by atoms with E-state index in [1.54, 1.807) is 48.3 Å². The molecule has 1 aromatic heterocycles. The van der Waals surface area contributed by atoms with Crippen LogP contribution in [-0.4, -0.2) is 74.2 Å². The molecule has 1 aromatic carbocycles. The summed E-state index contributed by atoms with van der Waals surface area (Å²) < 4.78 is 32.7. The van der Waals surface area contributed by atoms with Gasteiger partial charge in [0.1, 0.15) is 22.1 Å². The number of carbonyl (C=O) groups is 2. The molecule has 1 fully saturated rings. The summed E-state index contributed by atoms with van der Waals surface area (Å²) in [5, 5.41) is 4.34. The average molecular weight is 484 g/mol. The normalized spacial score (nSPS) is 14.8. The van der Waals surface area contributed by atoms with E-state index in [0.29, 0.717) is 24.5 Å². The second-order valence-corrected chi connectivity index (χ2v) is 10.8. The first-order chi connectivity index (χ1) is 14.9.